The Morgan fingerprint density at radius 3 is 2.48 bits per heavy atom. The summed E-state index contributed by atoms with van der Waals surface area (Å²) in [5.41, 5.74) is 2.02. The third-order valence-corrected chi connectivity index (χ3v) is 6.12. The number of para-hydroxylation sites is 1. The summed E-state index contributed by atoms with van der Waals surface area (Å²) in [6.07, 6.45) is 4.21. The molecule has 3 aromatic rings. The second kappa shape index (κ2) is 11.1. The van der Waals surface area contributed by atoms with Crippen LogP contribution in [0.4, 0.5) is 11.8 Å². The molecule has 0 bridgehead atoms. The number of fused-ring (bicyclic) bond motifs is 1. The lowest BCUT2D eigenvalue weighted by Gasteiger charge is -2.29. The normalized spacial score (nSPS) is 18.1. The van der Waals surface area contributed by atoms with Gasteiger partial charge in [-0.3, -0.25) is 4.79 Å². The number of carbonyl (C=O) groups is 1. The first-order chi connectivity index (χ1) is 16.1. The lowest BCUT2D eigenvalue weighted by atomic mass is 9.86. The van der Waals surface area contributed by atoms with E-state index in [0.717, 1.165) is 48.0 Å². The van der Waals surface area contributed by atoms with E-state index in [4.69, 9.17) is 14.7 Å². The molecule has 1 saturated carbocycles. The molecule has 4 rings (SSSR count). The predicted molar refractivity (Wildman–Crippen MR) is 132 cm³/mol. The number of rotatable bonds is 9. The fraction of sp³-hybridized carbons (Fsp3) is 0.423. The summed E-state index contributed by atoms with van der Waals surface area (Å²) < 4.78 is 5.52. The van der Waals surface area contributed by atoms with Crippen LogP contribution in [0.3, 0.4) is 0 Å². The van der Waals surface area contributed by atoms with Crippen LogP contribution in [0.5, 0.6) is 0 Å². The van der Waals surface area contributed by atoms with E-state index in [-0.39, 0.29) is 12.5 Å². The van der Waals surface area contributed by atoms with Gasteiger partial charge in [0.25, 0.3) is 0 Å². The Labute approximate surface area is 195 Å². The van der Waals surface area contributed by atoms with Gasteiger partial charge in [-0.25, -0.2) is 4.98 Å². The van der Waals surface area contributed by atoms with Crippen LogP contribution in [0, 0.1) is 5.92 Å². The molecule has 174 valence electrons. The van der Waals surface area contributed by atoms with Gasteiger partial charge in [0.2, 0.25) is 11.9 Å². The highest BCUT2D eigenvalue weighted by Crippen LogP contribution is 2.28. The number of nitrogens with one attached hydrogen (secondary N) is 2. The molecule has 0 spiro atoms. The molecule has 0 radical (unpaired) electrons. The van der Waals surface area contributed by atoms with E-state index in [1.54, 1.807) is 0 Å². The van der Waals surface area contributed by atoms with Crippen molar-refractivity contribution < 1.29 is 9.53 Å². The van der Waals surface area contributed by atoms with Crippen LogP contribution in [-0.2, 0) is 16.1 Å². The van der Waals surface area contributed by atoms with Crippen molar-refractivity contribution in [3.8, 4) is 0 Å². The van der Waals surface area contributed by atoms with Crippen molar-refractivity contribution in [2.24, 2.45) is 5.92 Å². The van der Waals surface area contributed by atoms with Gasteiger partial charge in [0.15, 0.2) is 0 Å². The Bertz CT molecular complexity index is 1050. The van der Waals surface area contributed by atoms with Gasteiger partial charge in [0.05, 0.1) is 12.1 Å². The Hall–Kier alpha value is -3.19. The number of hydrogen-bond donors (Lipinski definition) is 2. The fourth-order valence-corrected chi connectivity index (χ4v) is 4.30. The zero-order valence-electron chi connectivity index (χ0n) is 19.5. The van der Waals surface area contributed by atoms with E-state index in [0.29, 0.717) is 31.1 Å². The van der Waals surface area contributed by atoms with E-state index in [9.17, 15) is 4.79 Å². The van der Waals surface area contributed by atoms with Crippen molar-refractivity contribution in [3.05, 3.63) is 60.2 Å². The number of hydrogen-bond acceptors (Lipinski definition) is 6. The number of benzene rings is 2. The topological polar surface area (TPSA) is 79.4 Å². The molecule has 0 aliphatic heterocycles. The lowest BCUT2D eigenvalue weighted by Crippen LogP contribution is -2.35. The Balaban J connectivity index is 1.20. The van der Waals surface area contributed by atoms with Crippen LogP contribution < -0.4 is 15.5 Å². The van der Waals surface area contributed by atoms with Crippen LogP contribution >= 0.6 is 0 Å². The molecule has 1 aromatic heterocycles. The number of amides is 1. The van der Waals surface area contributed by atoms with Gasteiger partial charge in [0, 0.05) is 32.1 Å². The summed E-state index contributed by atoms with van der Waals surface area (Å²) in [6, 6.07) is 18.3. The summed E-state index contributed by atoms with van der Waals surface area (Å²) >= 11 is 0. The van der Waals surface area contributed by atoms with Gasteiger partial charge in [-0.2, -0.15) is 4.98 Å². The van der Waals surface area contributed by atoms with Crippen LogP contribution in [0.1, 0.15) is 31.2 Å². The molecule has 1 aliphatic carbocycles. The van der Waals surface area contributed by atoms with Crippen molar-refractivity contribution >= 4 is 28.6 Å². The fourth-order valence-electron chi connectivity index (χ4n) is 4.30. The molecule has 7 heteroatoms. The standard InChI is InChI=1S/C26H33N5O2/c1-31(2)25-22-10-6-7-11-23(22)29-26(30-25)28-21-14-12-19(13-15-21)16-27-24(32)18-33-17-20-8-4-3-5-9-20/h3-11,19,21H,12-18H2,1-2H3,(H,27,32)(H,28,29,30)/t19-,21+. The summed E-state index contributed by atoms with van der Waals surface area (Å²) in [4.78, 5) is 23.6. The van der Waals surface area contributed by atoms with Gasteiger partial charge in [-0.1, -0.05) is 42.5 Å². The van der Waals surface area contributed by atoms with E-state index < -0.39 is 0 Å². The second-order valence-corrected chi connectivity index (χ2v) is 8.93. The van der Waals surface area contributed by atoms with Gasteiger partial charge >= 0.3 is 0 Å². The largest absolute Gasteiger partial charge is 0.367 e. The minimum atomic E-state index is -0.0491. The molecule has 0 unspecified atom stereocenters. The molecule has 0 saturated heterocycles. The van der Waals surface area contributed by atoms with E-state index in [1.807, 2.05) is 67.5 Å². The van der Waals surface area contributed by atoms with E-state index >= 15 is 0 Å². The highest BCUT2D eigenvalue weighted by atomic mass is 16.5. The van der Waals surface area contributed by atoms with Crippen molar-refractivity contribution in [2.45, 2.75) is 38.3 Å². The summed E-state index contributed by atoms with van der Waals surface area (Å²) in [5, 5.41) is 7.63. The van der Waals surface area contributed by atoms with Crippen molar-refractivity contribution in [1.29, 1.82) is 0 Å². The zero-order chi connectivity index (χ0) is 23.0. The molecule has 0 atom stereocenters. The molecule has 1 amide bonds. The summed E-state index contributed by atoms with van der Waals surface area (Å²) in [7, 11) is 4.01. The smallest absolute Gasteiger partial charge is 0.246 e. The molecular formula is C26H33N5O2. The maximum absolute atomic E-state index is 12.1. The first-order valence-corrected chi connectivity index (χ1v) is 11.7. The SMILES string of the molecule is CN(C)c1nc(N[C@H]2CC[C@@H](CNC(=O)COCc3ccccc3)CC2)nc2ccccc12. The van der Waals surface area contributed by atoms with Crippen LogP contribution in [0.2, 0.25) is 0 Å². The number of anilines is 2. The number of carbonyl (C=O) groups excluding carboxylic acids is 1. The average molecular weight is 448 g/mol. The monoisotopic (exact) mass is 447 g/mol. The first-order valence-electron chi connectivity index (χ1n) is 11.7. The van der Waals surface area contributed by atoms with Gasteiger partial charge in [-0.05, 0) is 49.3 Å². The highest BCUT2D eigenvalue weighted by molar-refractivity contribution is 5.90. The number of aromatic nitrogens is 2. The van der Waals surface area contributed by atoms with Gasteiger partial charge in [0.1, 0.15) is 12.4 Å². The van der Waals surface area contributed by atoms with E-state index in [2.05, 4.69) is 16.7 Å². The lowest BCUT2D eigenvalue weighted by molar-refractivity contribution is -0.126. The minimum absolute atomic E-state index is 0.0491. The van der Waals surface area contributed by atoms with E-state index in [1.165, 1.54) is 0 Å². The summed E-state index contributed by atoms with van der Waals surface area (Å²) in [6.45, 7) is 1.26. The molecule has 1 heterocycles. The van der Waals surface area contributed by atoms with Crippen molar-refractivity contribution in [1.82, 2.24) is 15.3 Å². The molecule has 2 N–H and O–H groups in total. The molecule has 1 aliphatic rings. The average Bonchev–Trinajstić information content (AvgIpc) is 2.84. The van der Waals surface area contributed by atoms with Gasteiger partial charge in [-0.15, -0.1) is 0 Å². The third kappa shape index (κ3) is 6.42. The second-order valence-electron chi connectivity index (χ2n) is 8.93. The Morgan fingerprint density at radius 2 is 1.73 bits per heavy atom. The van der Waals surface area contributed by atoms with Crippen LogP contribution in [-0.4, -0.2) is 49.2 Å². The minimum Gasteiger partial charge on any atom is -0.367 e. The zero-order valence-corrected chi connectivity index (χ0v) is 19.5. The quantitative estimate of drug-likeness (QED) is 0.516. The Morgan fingerprint density at radius 1 is 1.00 bits per heavy atom. The van der Waals surface area contributed by atoms with Crippen molar-refractivity contribution in [3.63, 3.8) is 0 Å². The number of nitrogens with zero attached hydrogens (tertiary/aromatic N) is 3. The third-order valence-electron chi connectivity index (χ3n) is 6.12. The Kier molecular flexibility index (Phi) is 7.73. The highest BCUT2D eigenvalue weighted by Gasteiger charge is 2.22. The maximum Gasteiger partial charge on any atom is 0.246 e. The van der Waals surface area contributed by atoms with Crippen molar-refractivity contribution in [2.75, 3.05) is 37.5 Å². The molecular weight excluding hydrogens is 414 g/mol. The first kappa shape index (κ1) is 23.0. The van der Waals surface area contributed by atoms with Gasteiger partial charge < -0.3 is 20.3 Å². The molecule has 1 fully saturated rings. The molecule has 2 aromatic carbocycles. The number of ether oxygens (including phenoxy) is 1. The molecule has 33 heavy (non-hydrogen) atoms. The van der Waals surface area contributed by atoms with Crippen LogP contribution in [0.25, 0.3) is 10.9 Å². The predicted octanol–water partition coefficient (Wildman–Crippen LogP) is 4.00. The van der Waals surface area contributed by atoms with Crippen LogP contribution in [0.15, 0.2) is 54.6 Å². The summed E-state index contributed by atoms with van der Waals surface area (Å²) in [5.74, 6) is 2.06. The molecule has 7 nitrogen and oxygen atoms in total. The maximum atomic E-state index is 12.1.